The molecule has 0 aliphatic heterocycles. The van der Waals surface area contributed by atoms with Crippen molar-refractivity contribution in [3.8, 4) is 28.7 Å². The van der Waals surface area contributed by atoms with E-state index in [4.69, 9.17) is 23.7 Å². The molecule has 5 aromatic rings. The number of ether oxygens (including phenoxy) is 5. The Morgan fingerprint density at radius 3 is 0.645 bits per heavy atom. The normalized spacial score (nSPS) is 12.6. The summed E-state index contributed by atoms with van der Waals surface area (Å²) in [5.74, 6) is 1.28. The van der Waals surface area contributed by atoms with Crippen LogP contribution in [0.1, 0.15) is 0 Å². The standard InChI is InChI=1S/C39H43N3O15S5/c1-53-30-6-16-35(17-7-30)58(43,44)40(26-28-41(59(45,46)36-18-8-31(54-2)9-19-36)60(47,48)37-20-10-32(55-3)11-21-37)27-29-42(61(49,50)38-22-12-33(56-4)13-23-38)62(51,52)39-24-14-34(57-5)15-25-39/h6-25H,26-29H2,1-5H3. The lowest BCUT2D eigenvalue weighted by Crippen LogP contribution is -2.47. The van der Waals surface area contributed by atoms with Crippen molar-refractivity contribution < 1.29 is 65.8 Å². The highest BCUT2D eigenvalue weighted by Gasteiger charge is 2.41. The Balaban J connectivity index is 1.64. The molecule has 0 atom stereocenters. The van der Waals surface area contributed by atoms with Crippen LogP contribution in [0.3, 0.4) is 0 Å². The van der Waals surface area contributed by atoms with Crippen molar-refractivity contribution in [2.75, 3.05) is 61.7 Å². The maximum Gasteiger partial charge on any atom is 0.256 e. The lowest BCUT2D eigenvalue weighted by atomic mass is 10.3. The monoisotopic (exact) mass is 953 g/mol. The first-order valence-corrected chi connectivity index (χ1v) is 25.2. The van der Waals surface area contributed by atoms with Gasteiger partial charge in [-0.05, 0) is 121 Å². The molecule has 0 saturated carbocycles. The lowest BCUT2D eigenvalue weighted by molar-refractivity contribution is 0.371. The third-order valence-corrected chi connectivity index (χ3v) is 19.9. The van der Waals surface area contributed by atoms with E-state index in [2.05, 4.69) is 0 Å². The molecule has 0 aliphatic carbocycles. The van der Waals surface area contributed by atoms with Gasteiger partial charge < -0.3 is 23.7 Å². The Bertz CT molecular complexity index is 2560. The molecule has 62 heavy (non-hydrogen) atoms. The van der Waals surface area contributed by atoms with Crippen LogP contribution >= 0.6 is 0 Å². The molecule has 23 heteroatoms. The number of methoxy groups -OCH3 is 5. The SMILES string of the molecule is COc1ccc(S(=O)(=O)N(CCN(S(=O)(=O)c2ccc(OC)cc2)S(=O)(=O)c2ccc(OC)cc2)CCN(S(=O)(=O)c2ccc(OC)cc2)S(=O)(=O)c2ccc(OC)cc2)cc1. The van der Waals surface area contributed by atoms with Gasteiger partial charge in [-0.3, -0.25) is 0 Å². The minimum atomic E-state index is -5.03. The van der Waals surface area contributed by atoms with Crippen LogP contribution in [-0.4, -0.2) is 116 Å². The van der Waals surface area contributed by atoms with Crippen molar-refractivity contribution in [2.45, 2.75) is 24.5 Å². The third-order valence-electron chi connectivity index (χ3n) is 9.26. The molecule has 0 fully saturated rings. The van der Waals surface area contributed by atoms with E-state index in [9.17, 15) is 42.1 Å². The molecule has 0 aromatic heterocycles. The highest BCUT2D eigenvalue weighted by molar-refractivity contribution is 8.04. The van der Waals surface area contributed by atoms with Gasteiger partial charge in [-0.25, -0.2) is 42.1 Å². The Labute approximate surface area is 362 Å². The summed E-state index contributed by atoms with van der Waals surface area (Å²) in [5, 5.41) is 0. The van der Waals surface area contributed by atoms with E-state index >= 15 is 0 Å². The molecule has 5 aromatic carbocycles. The molecule has 0 amide bonds. The van der Waals surface area contributed by atoms with Crippen LogP contribution in [0.4, 0.5) is 0 Å². The summed E-state index contributed by atoms with van der Waals surface area (Å²) in [6.07, 6.45) is 0. The second-order valence-electron chi connectivity index (χ2n) is 12.8. The molecule has 0 radical (unpaired) electrons. The van der Waals surface area contributed by atoms with Crippen LogP contribution in [0.2, 0.25) is 0 Å². The number of nitrogens with zero attached hydrogens (tertiary/aromatic N) is 3. The van der Waals surface area contributed by atoms with Gasteiger partial charge in [-0.15, -0.1) is 0 Å². The smallest absolute Gasteiger partial charge is 0.256 e. The fourth-order valence-electron chi connectivity index (χ4n) is 5.84. The third kappa shape index (κ3) is 10.2. The molecule has 0 spiro atoms. The van der Waals surface area contributed by atoms with Gasteiger partial charge in [-0.2, -0.15) is 4.31 Å². The Morgan fingerprint density at radius 2 is 0.468 bits per heavy atom. The molecule has 0 saturated heterocycles. The van der Waals surface area contributed by atoms with Crippen LogP contribution < -0.4 is 23.7 Å². The zero-order valence-electron chi connectivity index (χ0n) is 33.9. The highest BCUT2D eigenvalue weighted by Crippen LogP contribution is 2.30. The van der Waals surface area contributed by atoms with E-state index < -0.39 is 101 Å². The van der Waals surface area contributed by atoms with Gasteiger partial charge in [-0.1, -0.05) is 7.42 Å². The predicted molar refractivity (Wildman–Crippen MR) is 226 cm³/mol. The van der Waals surface area contributed by atoms with Gasteiger partial charge in [0.1, 0.15) is 28.7 Å². The molecule has 0 bridgehead atoms. The first-order chi connectivity index (χ1) is 29.3. The Kier molecular flexibility index (Phi) is 15.0. The number of hydrogen-bond acceptors (Lipinski definition) is 15. The molecule has 5 rings (SSSR count). The van der Waals surface area contributed by atoms with Crippen LogP contribution in [-0.2, 0) is 50.1 Å². The molecule has 334 valence electrons. The summed E-state index contributed by atoms with van der Waals surface area (Å²) in [7, 11) is -18.2. The zero-order valence-corrected chi connectivity index (χ0v) is 38.0. The van der Waals surface area contributed by atoms with Crippen LogP contribution in [0.15, 0.2) is 146 Å². The molecular formula is C39H43N3O15S5. The van der Waals surface area contributed by atoms with Crippen molar-refractivity contribution in [1.82, 2.24) is 11.7 Å². The van der Waals surface area contributed by atoms with Crippen molar-refractivity contribution in [3.63, 3.8) is 0 Å². The number of benzene rings is 5. The summed E-state index contributed by atoms with van der Waals surface area (Å²) < 4.78 is 170. The van der Waals surface area contributed by atoms with Gasteiger partial charge in [0.15, 0.2) is 0 Å². The molecule has 0 aliphatic rings. The van der Waals surface area contributed by atoms with Crippen LogP contribution in [0.25, 0.3) is 0 Å². The van der Waals surface area contributed by atoms with Crippen LogP contribution in [0.5, 0.6) is 28.7 Å². The largest absolute Gasteiger partial charge is 0.497 e. The lowest BCUT2D eigenvalue weighted by Gasteiger charge is -2.29. The van der Waals surface area contributed by atoms with Crippen molar-refractivity contribution >= 4 is 50.1 Å². The Morgan fingerprint density at radius 1 is 0.290 bits per heavy atom. The maximum absolute atomic E-state index is 14.5. The van der Waals surface area contributed by atoms with E-state index in [1.165, 1.54) is 96.2 Å². The molecule has 18 nitrogen and oxygen atoms in total. The van der Waals surface area contributed by atoms with E-state index in [1.54, 1.807) is 0 Å². The number of hydrogen-bond donors (Lipinski definition) is 0. The molecule has 0 N–H and O–H groups in total. The van der Waals surface area contributed by atoms with E-state index in [0.717, 1.165) is 60.7 Å². The second kappa shape index (κ2) is 19.4. The minimum absolute atomic E-state index is 0.111. The molecule has 0 unspecified atom stereocenters. The topological polar surface area (TPSA) is 227 Å². The van der Waals surface area contributed by atoms with E-state index in [0.29, 0.717) is 4.31 Å². The van der Waals surface area contributed by atoms with Crippen LogP contribution in [0, 0.1) is 0 Å². The fraction of sp³-hybridized carbons (Fsp3) is 0.231. The van der Waals surface area contributed by atoms with E-state index in [1.807, 2.05) is 0 Å². The predicted octanol–water partition coefficient (Wildman–Crippen LogP) is 3.88. The van der Waals surface area contributed by atoms with E-state index in [-0.39, 0.29) is 36.2 Å². The van der Waals surface area contributed by atoms with Gasteiger partial charge >= 0.3 is 0 Å². The van der Waals surface area contributed by atoms with Gasteiger partial charge in [0, 0.05) is 26.2 Å². The maximum atomic E-state index is 14.5. The molecule has 0 heterocycles. The van der Waals surface area contributed by atoms with Crippen molar-refractivity contribution in [3.05, 3.63) is 121 Å². The average molecular weight is 954 g/mol. The minimum Gasteiger partial charge on any atom is -0.497 e. The van der Waals surface area contributed by atoms with Crippen molar-refractivity contribution in [1.29, 1.82) is 0 Å². The van der Waals surface area contributed by atoms with Gasteiger partial charge in [0.05, 0.1) is 60.0 Å². The summed E-state index contributed by atoms with van der Waals surface area (Å²) in [6.45, 7) is -4.04. The average Bonchev–Trinajstić information content (AvgIpc) is 3.28. The van der Waals surface area contributed by atoms with Crippen molar-refractivity contribution in [2.24, 2.45) is 0 Å². The molecular weight excluding hydrogens is 911 g/mol. The number of sulfonamides is 5. The van der Waals surface area contributed by atoms with Gasteiger partial charge in [0.2, 0.25) is 10.0 Å². The summed E-state index contributed by atoms with van der Waals surface area (Å²) in [4.78, 5) is -2.39. The zero-order chi connectivity index (χ0) is 45.5. The second-order valence-corrected chi connectivity index (χ2v) is 22.6. The fourth-order valence-corrected chi connectivity index (χ4v) is 14.5. The summed E-state index contributed by atoms with van der Waals surface area (Å²) in [5.41, 5.74) is 0. The quantitative estimate of drug-likeness (QED) is 0.102. The Hall–Kier alpha value is -5.27. The summed E-state index contributed by atoms with van der Waals surface area (Å²) >= 11 is 0. The summed E-state index contributed by atoms with van der Waals surface area (Å²) in [6, 6.07) is 24.0. The number of rotatable bonds is 21. The highest BCUT2D eigenvalue weighted by atomic mass is 32.3. The first kappa shape index (κ1) is 47.8. The first-order valence-electron chi connectivity index (χ1n) is 18.0. The van der Waals surface area contributed by atoms with Gasteiger partial charge in [0.25, 0.3) is 40.1 Å².